The molecule has 0 fully saturated rings. The number of hydrogen-bond donors (Lipinski definition) is 3. The minimum atomic E-state index is -0.0736. The fourth-order valence-corrected chi connectivity index (χ4v) is 3.74. The maximum Gasteiger partial charge on any atom is 0.261 e. The number of H-pyrrole nitrogens is 1. The molecule has 0 saturated heterocycles. The van der Waals surface area contributed by atoms with Gasteiger partial charge < -0.3 is 15.6 Å². The molecule has 1 amide bonds. The van der Waals surface area contributed by atoms with Crippen LogP contribution >= 0.6 is 11.3 Å². The van der Waals surface area contributed by atoms with E-state index in [9.17, 15) is 4.79 Å². The first kappa shape index (κ1) is 16.3. The van der Waals surface area contributed by atoms with Crippen molar-refractivity contribution in [3.05, 3.63) is 65.4 Å². The summed E-state index contributed by atoms with van der Waals surface area (Å²) in [5.74, 6) is 0.698. The molecule has 6 nitrogen and oxygen atoms in total. The Balaban J connectivity index is 1.68. The summed E-state index contributed by atoms with van der Waals surface area (Å²) in [7, 11) is 1.64. The zero-order valence-electron chi connectivity index (χ0n) is 14.1. The van der Waals surface area contributed by atoms with Crippen molar-refractivity contribution in [3.63, 3.8) is 0 Å². The predicted octanol–water partition coefficient (Wildman–Crippen LogP) is 3.66. The Hall–Kier alpha value is -3.19. The van der Waals surface area contributed by atoms with E-state index in [-0.39, 0.29) is 5.91 Å². The second-order valence-electron chi connectivity index (χ2n) is 5.75. The maximum absolute atomic E-state index is 11.9. The number of carbonyl (C=O) groups excluding carboxylic acids is 1. The highest BCUT2D eigenvalue weighted by atomic mass is 32.1. The van der Waals surface area contributed by atoms with E-state index in [1.165, 1.54) is 11.3 Å². The molecule has 0 aliphatic carbocycles. The molecule has 4 heterocycles. The number of pyridine rings is 2. The van der Waals surface area contributed by atoms with Crippen molar-refractivity contribution < 1.29 is 4.79 Å². The Morgan fingerprint density at radius 2 is 2.19 bits per heavy atom. The highest BCUT2D eigenvalue weighted by Gasteiger charge is 2.13. The first-order valence-corrected chi connectivity index (χ1v) is 8.99. The third-order valence-electron chi connectivity index (χ3n) is 4.05. The van der Waals surface area contributed by atoms with Crippen molar-refractivity contribution >= 4 is 34.1 Å². The Kier molecular flexibility index (Phi) is 4.37. The highest BCUT2D eigenvalue weighted by molar-refractivity contribution is 7.17. The van der Waals surface area contributed by atoms with Crippen LogP contribution in [-0.4, -0.2) is 27.9 Å². The number of aromatic nitrogens is 3. The number of nitrogens with one attached hydrogen (secondary N) is 3. The lowest BCUT2D eigenvalue weighted by Crippen LogP contribution is -2.15. The third kappa shape index (κ3) is 3.16. The monoisotopic (exact) mass is 363 g/mol. The number of thiophene rings is 1. The molecule has 0 aromatic carbocycles. The molecule has 0 saturated carbocycles. The summed E-state index contributed by atoms with van der Waals surface area (Å²) in [5.41, 5.74) is 2.94. The van der Waals surface area contributed by atoms with Crippen LogP contribution in [0.25, 0.3) is 21.5 Å². The van der Waals surface area contributed by atoms with Crippen LogP contribution in [0.4, 0.5) is 5.82 Å². The molecule has 130 valence electrons. The van der Waals surface area contributed by atoms with Gasteiger partial charge in [0.2, 0.25) is 0 Å². The molecule has 0 radical (unpaired) electrons. The topological polar surface area (TPSA) is 82.7 Å². The van der Waals surface area contributed by atoms with Gasteiger partial charge in [0, 0.05) is 48.0 Å². The number of hydrogen-bond acceptors (Lipinski definition) is 5. The molecule has 7 heteroatoms. The number of nitrogens with zero attached hydrogens (tertiary/aromatic N) is 2. The Labute approximate surface area is 154 Å². The number of rotatable bonds is 5. The van der Waals surface area contributed by atoms with Crippen molar-refractivity contribution in [2.45, 2.75) is 6.54 Å². The summed E-state index contributed by atoms with van der Waals surface area (Å²) in [5, 5.41) is 7.04. The van der Waals surface area contributed by atoms with Crippen LogP contribution in [0.1, 0.15) is 15.2 Å². The summed E-state index contributed by atoms with van der Waals surface area (Å²) in [6, 6.07) is 11.8. The molecule has 0 aliphatic heterocycles. The van der Waals surface area contributed by atoms with Crippen molar-refractivity contribution in [3.8, 4) is 10.4 Å². The zero-order valence-corrected chi connectivity index (χ0v) is 14.9. The number of anilines is 1. The van der Waals surface area contributed by atoms with Crippen LogP contribution in [0.2, 0.25) is 0 Å². The van der Waals surface area contributed by atoms with Gasteiger partial charge in [-0.3, -0.25) is 9.78 Å². The number of carbonyl (C=O) groups is 1. The molecule has 0 aliphatic rings. The van der Waals surface area contributed by atoms with E-state index in [4.69, 9.17) is 0 Å². The highest BCUT2D eigenvalue weighted by Crippen LogP contribution is 2.34. The molecule has 0 atom stereocenters. The van der Waals surface area contributed by atoms with E-state index >= 15 is 0 Å². The summed E-state index contributed by atoms with van der Waals surface area (Å²) in [4.78, 5) is 25.5. The SMILES string of the molecule is CNC(=O)c1ccc(-c2cc(NCc3cccnc3)nc3[nH]ccc23)s1. The van der Waals surface area contributed by atoms with Gasteiger partial charge in [0.15, 0.2) is 0 Å². The van der Waals surface area contributed by atoms with Gasteiger partial charge in [0.05, 0.1) is 4.88 Å². The summed E-state index contributed by atoms with van der Waals surface area (Å²) >= 11 is 1.47. The first-order valence-electron chi connectivity index (χ1n) is 8.18. The van der Waals surface area contributed by atoms with E-state index in [0.29, 0.717) is 11.4 Å². The molecule has 4 aromatic heterocycles. The molecule has 4 aromatic rings. The lowest BCUT2D eigenvalue weighted by atomic mass is 10.1. The van der Waals surface area contributed by atoms with Gasteiger partial charge in [-0.1, -0.05) is 6.07 Å². The van der Waals surface area contributed by atoms with Gasteiger partial charge in [-0.15, -0.1) is 11.3 Å². The van der Waals surface area contributed by atoms with Crippen LogP contribution in [0.5, 0.6) is 0 Å². The fourth-order valence-electron chi connectivity index (χ4n) is 2.76. The second kappa shape index (κ2) is 6.97. The number of amides is 1. The largest absolute Gasteiger partial charge is 0.366 e. The summed E-state index contributed by atoms with van der Waals surface area (Å²) < 4.78 is 0. The quantitative estimate of drug-likeness (QED) is 0.505. The third-order valence-corrected chi connectivity index (χ3v) is 5.16. The Bertz CT molecular complexity index is 1050. The lowest BCUT2D eigenvalue weighted by Gasteiger charge is -2.08. The van der Waals surface area contributed by atoms with Crippen LogP contribution in [0, 0.1) is 0 Å². The van der Waals surface area contributed by atoms with Gasteiger partial charge in [-0.2, -0.15) is 0 Å². The van der Waals surface area contributed by atoms with Crippen molar-refractivity contribution in [2.24, 2.45) is 0 Å². The smallest absolute Gasteiger partial charge is 0.261 e. The fraction of sp³-hybridized carbons (Fsp3) is 0.105. The van der Waals surface area contributed by atoms with E-state index in [0.717, 1.165) is 32.9 Å². The Morgan fingerprint density at radius 1 is 1.27 bits per heavy atom. The average Bonchev–Trinajstić information content (AvgIpc) is 3.35. The first-order chi connectivity index (χ1) is 12.7. The van der Waals surface area contributed by atoms with Gasteiger partial charge in [-0.05, 0) is 35.9 Å². The maximum atomic E-state index is 11.9. The average molecular weight is 363 g/mol. The van der Waals surface area contributed by atoms with Crippen LogP contribution in [0.15, 0.2) is 55.0 Å². The molecule has 0 unspecified atom stereocenters. The second-order valence-corrected chi connectivity index (χ2v) is 6.84. The van der Waals surface area contributed by atoms with E-state index in [1.54, 1.807) is 13.2 Å². The van der Waals surface area contributed by atoms with Crippen LogP contribution < -0.4 is 10.6 Å². The molecule has 3 N–H and O–H groups in total. The molecular weight excluding hydrogens is 346 g/mol. The molecule has 0 spiro atoms. The van der Waals surface area contributed by atoms with Crippen molar-refractivity contribution in [2.75, 3.05) is 12.4 Å². The summed E-state index contributed by atoms with van der Waals surface area (Å²) in [6.07, 6.45) is 5.46. The van der Waals surface area contributed by atoms with E-state index in [2.05, 4.69) is 25.6 Å². The van der Waals surface area contributed by atoms with Crippen molar-refractivity contribution in [1.29, 1.82) is 0 Å². The van der Waals surface area contributed by atoms with Gasteiger partial charge in [0.25, 0.3) is 5.91 Å². The number of aromatic amines is 1. The minimum absolute atomic E-state index is 0.0736. The van der Waals surface area contributed by atoms with Gasteiger partial charge in [-0.25, -0.2) is 4.98 Å². The summed E-state index contributed by atoms with van der Waals surface area (Å²) in [6.45, 7) is 0.639. The zero-order chi connectivity index (χ0) is 17.9. The van der Waals surface area contributed by atoms with Crippen molar-refractivity contribution in [1.82, 2.24) is 20.3 Å². The van der Waals surface area contributed by atoms with Gasteiger partial charge in [0.1, 0.15) is 11.5 Å². The normalized spacial score (nSPS) is 10.8. The van der Waals surface area contributed by atoms with E-state index < -0.39 is 0 Å². The lowest BCUT2D eigenvalue weighted by molar-refractivity contribution is 0.0967. The van der Waals surface area contributed by atoms with Crippen LogP contribution in [0.3, 0.4) is 0 Å². The molecule has 4 rings (SSSR count). The number of fused-ring (bicyclic) bond motifs is 1. The van der Waals surface area contributed by atoms with Crippen LogP contribution in [-0.2, 0) is 6.54 Å². The Morgan fingerprint density at radius 3 is 3.00 bits per heavy atom. The van der Waals surface area contributed by atoms with E-state index in [1.807, 2.05) is 48.8 Å². The molecule has 26 heavy (non-hydrogen) atoms. The minimum Gasteiger partial charge on any atom is -0.366 e. The predicted molar refractivity (Wildman–Crippen MR) is 104 cm³/mol. The molecule has 0 bridgehead atoms. The van der Waals surface area contributed by atoms with Gasteiger partial charge >= 0.3 is 0 Å². The molecular formula is C19H17N5OS. The standard InChI is InChI=1S/C19H17N5OS/c1-20-19(25)16-5-4-15(26-16)14-9-17(24-18-13(14)6-8-22-18)23-11-12-3-2-7-21-10-12/h2-10H,11H2,1H3,(H,20,25)(H2,22,23,24).